The molecule has 3 aromatic rings. The lowest BCUT2D eigenvalue weighted by Gasteiger charge is -2.11. The van der Waals surface area contributed by atoms with E-state index in [9.17, 15) is 4.79 Å². The Morgan fingerprint density at radius 1 is 1.21 bits per heavy atom. The van der Waals surface area contributed by atoms with Crippen molar-refractivity contribution in [1.29, 1.82) is 0 Å². The van der Waals surface area contributed by atoms with Gasteiger partial charge >= 0.3 is 0 Å². The van der Waals surface area contributed by atoms with Crippen LogP contribution in [0.25, 0.3) is 5.69 Å². The summed E-state index contributed by atoms with van der Waals surface area (Å²) in [6, 6.07) is 14.5. The van der Waals surface area contributed by atoms with Crippen LogP contribution in [0.2, 0.25) is 5.02 Å². The number of hydrogen-bond acceptors (Lipinski definition) is 5. The number of aromatic nitrogens is 3. The molecule has 0 saturated heterocycles. The van der Waals surface area contributed by atoms with Crippen LogP contribution in [-0.4, -0.2) is 53.0 Å². The SMILES string of the molecule is Cc1c(C(=O)Nc2ccc(OCCCN(C)C)cc2)nnn1-c1cccc(Cl)c1. The van der Waals surface area contributed by atoms with Gasteiger partial charge in [0.2, 0.25) is 0 Å². The molecular formula is C21H24ClN5O2. The first-order chi connectivity index (χ1) is 13.9. The van der Waals surface area contributed by atoms with Crippen LogP contribution in [0.4, 0.5) is 5.69 Å². The molecule has 8 heteroatoms. The molecule has 1 N–H and O–H groups in total. The molecule has 0 aliphatic rings. The second-order valence-corrected chi connectivity index (χ2v) is 7.34. The summed E-state index contributed by atoms with van der Waals surface area (Å²) in [7, 11) is 4.07. The number of anilines is 1. The van der Waals surface area contributed by atoms with E-state index < -0.39 is 0 Å². The largest absolute Gasteiger partial charge is 0.494 e. The van der Waals surface area contributed by atoms with Gasteiger partial charge in [-0.1, -0.05) is 22.9 Å². The Hall–Kier alpha value is -2.90. The number of benzene rings is 2. The van der Waals surface area contributed by atoms with E-state index in [1.54, 1.807) is 35.9 Å². The Balaban J connectivity index is 1.62. The molecule has 0 saturated carbocycles. The zero-order valence-corrected chi connectivity index (χ0v) is 17.5. The van der Waals surface area contributed by atoms with Crippen molar-refractivity contribution in [3.8, 4) is 11.4 Å². The van der Waals surface area contributed by atoms with Gasteiger partial charge in [0, 0.05) is 17.3 Å². The van der Waals surface area contributed by atoms with Gasteiger partial charge in [0.1, 0.15) is 5.75 Å². The van der Waals surface area contributed by atoms with Crippen molar-refractivity contribution in [2.45, 2.75) is 13.3 Å². The number of nitrogens with zero attached hydrogens (tertiary/aromatic N) is 4. The fourth-order valence-corrected chi connectivity index (χ4v) is 2.97. The average Bonchev–Trinajstić information content (AvgIpc) is 3.08. The van der Waals surface area contributed by atoms with E-state index in [4.69, 9.17) is 16.3 Å². The van der Waals surface area contributed by atoms with E-state index >= 15 is 0 Å². The predicted molar refractivity (Wildman–Crippen MR) is 114 cm³/mol. The number of nitrogens with one attached hydrogen (secondary N) is 1. The van der Waals surface area contributed by atoms with Crippen LogP contribution in [0.1, 0.15) is 22.6 Å². The molecule has 1 heterocycles. The van der Waals surface area contributed by atoms with Crippen molar-refractivity contribution in [3.05, 3.63) is 64.9 Å². The summed E-state index contributed by atoms with van der Waals surface area (Å²) in [5, 5.41) is 11.5. The van der Waals surface area contributed by atoms with E-state index in [1.165, 1.54) is 0 Å². The van der Waals surface area contributed by atoms with Crippen LogP contribution in [0.5, 0.6) is 5.75 Å². The van der Waals surface area contributed by atoms with Gasteiger partial charge in [-0.2, -0.15) is 0 Å². The van der Waals surface area contributed by atoms with Gasteiger partial charge in [-0.3, -0.25) is 4.79 Å². The minimum atomic E-state index is -0.324. The Labute approximate surface area is 175 Å². The second-order valence-electron chi connectivity index (χ2n) is 6.90. The van der Waals surface area contributed by atoms with E-state index in [0.717, 1.165) is 24.4 Å². The molecule has 0 aliphatic heterocycles. The third kappa shape index (κ3) is 5.56. The molecule has 0 atom stereocenters. The smallest absolute Gasteiger partial charge is 0.278 e. The minimum absolute atomic E-state index is 0.258. The number of halogens is 1. The topological polar surface area (TPSA) is 72.3 Å². The lowest BCUT2D eigenvalue weighted by molar-refractivity contribution is 0.102. The molecule has 2 aromatic carbocycles. The molecule has 1 amide bonds. The summed E-state index contributed by atoms with van der Waals surface area (Å²) in [5.74, 6) is 0.445. The minimum Gasteiger partial charge on any atom is -0.494 e. The lowest BCUT2D eigenvalue weighted by atomic mass is 10.2. The molecule has 0 fully saturated rings. The molecule has 0 bridgehead atoms. The molecule has 0 aliphatic carbocycles. The maximum Gasteiger partial charge on any atom is 0.278 e. The van der Waals surface area contributed by atoms with E-state index in [-0.39, 0.29) is 11.6 Å². The van der Waals surface area contributed by atoms with E-state index in [2.05, 4.69) is 20.5 Å². The molecule has 3 rings (SSSR count). The van der Waals surface area contributed by atoms with Gasteiger partial charge in [0.15, 0.2) is 5.69 Å². The van der Waals surface area contributed by atoms with Gasteiger partial charge < -0.3 is 15.0 Å². The Kier molecular flexibility index (Phi) is 6.85. The molecule has 0 unspecified atom stereocenters. The average molecular weight is 414 g/mol. The standard InChI is InChI=1S/C21H24ClN5O2/c1-15-20(24-25-27(15)18-7-4-6-16(22)14-18)21(28)23-17-8-10-19(11-9-17)29-13-5-12-26(2)3/h4,6-11,14H,5,12-13H2,1-3H3,(H,23,28). The molecule has 0 spiro atoms. The quantitative estimate of drug-likeness (QED) is 0.568. The summed E-state index contributed by atoms with van der Waals surface area (Å²) in [4.78, 5) is 14.7. The second kappa shape index (κ2) is 9.54. The number of rotatable bonds is 8. The van der Waals surface area contributed by atoms with Gasteiger partial charge in [-0.05, 0) is 69.9 Å². The summed E-state index contributed by atoms with van der Waals surface area (Å²) >= 11 is 6.04. The highest BCUT2D eigenvalue weighted by molar-refractivity contribution is 6.30. The fraction of sp³-hybridized carbons (Fsp3) is 0.286. The molecular weight excluding hydrogens is 390 g/mol. The first-order valence-electron chi connectivity index (χ1n) is 9.31. The highest BCUT2D eigenvalue weighted by atomic mass is 35.5. The predicted octanol–water partition coefficient (Wildman–Crippen LogP) is 3.81. The molecule has 7 nitrogen and oxygen atoms in total. The van der Waals surface area contributed by atoms with Crippen LogP contribution < -0.4 is 10.1 Å². The van der Waals surface area contributed by atoms with Gasteiger partial charge in [-0.25, -0.2) is 4.68 Å². The fourth-order valence-electron chi connectivity index (χ4n) is 2.79. The summed E-state index contributed by atoms with van der Waals surface area (Å²) in [6.45, 7) is 3.42. The van der Waals surface area contributed by atoms with E-state index in [0.29, 0.717) is 23.0 Å². The number of carbonyl (C=O) groups is 1. The third-order valence-corrected chi connectivity index (χ3v) is 4.53. The molecule has 0 radical (unpaired) electrons. The van der Waals surface area contributed by atoms with Gasteiger partial charge in [-0.15, -0.1) is 5.10 Å². The molecule has 29 heavy (non-hydrogen) atoms. The maximum absolute atomic E-state index is 12.6. The first-order valence-corrected chi connectivity index (χ1v) is 9.69. The number of amides is 1. The number of ether oxygens (including phenoxy) is 1. The highest BCUT2D eigenvalue weighted by Gasteiger charge is 2.17. The third-order valence-electron chi connectivity index (χ3n) is 4.29. The zero-order chi connectivity index (χ0) is 20.8. The molecule has 1 aromatic heterocycles. The Bertz CT molecular complexity index is 969. The van der Waals surface area contributed by atoms with Crippen LogP contribution >= 0.6 is 11.6 Å². The summed E-state index contributed by atoms with van der Waals surface area (Å²) in [5.41, 5.74) is 2.30. The van der Waals surface area contributed by atoms with Crippen molar-refractivity contribution in [2.24, 2.45) is 0 Å². The van der Waals surface area contributed by atoms with Crippen LogP contribution in [0.15, 0.2) is 48.5 Å². The van der Waals surface area contributed by atoms with Crippen molar-refractivity contribution < 1.29 is 9.53 Å². The Morgan fingerprint density at radius 3 is 2.66 bits per heavy atom. The highest BCUT2D eigenvalue weighted by Crippen LogP contribution is 2.19. The maximum atomic E-state index is 12.6. The normalized spacial score (nSPS) is 10.9. The van der Waals surface area contributed by atoms with Crippen LogP contribution in [-0.2, 0) is 0 Å². The van der Waals surface area contributed by atoms with Crippen molar-refractivity contribution in [1.82, 2.24) is 19.9 Å². The van der Waals surface area contributed by atoms with Gasteiger partial charge in [0.05, 0.1) is 18.0 Å². The van der Waals surface area contributed by atoms with Crippen LogP contribution in [0.3, 0.4) is 0 Å². The summed E-state index contributed by atoms with van der Waals surface area (Å²) in [6.07, 6.45) is 0.951. The first kappa shape index (κ1) is 20.8. The van der Waals surface area contributed by atoms with Crippen molar-refractivity contribution in [3.63, 3.8) is 0 Å². The Morgan fingerprint density at radius 2 is 1.97 bits per heavy atom. The number of hydrogen-bond donors (Lipinski definition) is 1. The lowest BCUT2D eigenvalue weighted by Crippen LogP contribution is -2.15. The zero-order valence-electron chi connectivity index (χ0n) is 16.7. The van der Waals surface area contributed by atoms with Gasteiger partial charge in [0.25, 0.3) is 5.91 Å². The number of carbonyl (C=O) groups excluding carboxylic acids is 1. The van der Waals surface area contributed by atoms with E-state index in [1.807, 2.05) is 38.4 Å². The van der Waals surface area contributed by atoms with Crippen molar-refractivity contribution in [2.75, 3.05) is 32.6 Å². The summed E-state index contributed by atoms with van der Waals surface area (Å²) < 4.78 is 7.30. The van der Waals surface area contributed by atoms with Crippen molar-refractivity contribution >= 4 is 23.2 Å². The molecule has 152 valence electrons. The monoisotopic (exact) mass is 413 g/mol. The van der Waals surface area contributed by atoms with Crippen LogP contribution in [0, 0.1) is 6.92 Å².